The molecular weight excluding hydrogens is 542 g/mol. The van der Waals surface area contributed by atoms with E-state index in [-0.39, 0.29) is 5.56 Å². The summed E-state index contributed by atoms with van der Waals surface area (Å²) in [5, 5.41) is 5.44. The molecule has 36 heavy (non-hydrogen) atoms. The highest BCUT2D eigenvalue weighted by Gasteiger charge is 2.14. The maximum Gasteiger partial charge on any atom is 0.343 e. The van der Waals surface area contributed by atoms with Crippen molar-refractivity contribution in [3.8, 4) is 17.1 Å². The number of carbonyl (C=O) groups is 1. The van der Waals surface area contributed by atoms with Crippen LogP contribution in [0.15, 0.2) is 111 Å². The molecular formula is C28H17BrClN3O3. The van der Waals surface area contributed by atoms with Gasteiger partial charge in [-0.2, -0.15) is 9.78 Å². The number of fused-ring (bicyclic) bond motifs is 1. The Morgan fingerprint density at radius 1 is 0.917 bits per heavy atom. The van der Waals surface area contributed by atoms with Gasteiger partial charge in [0.15, 0.2) is 5.82 Å². The van der Waals surface area contributed by atoms with Gasteiger partial charge in [-0.25, -0.2) is 9.78 Å². The van der Waals surface area contributed by atoms with Gasteiger partial charge < -0.3 is 4.74 Å². The number of hydrogen-bond acceptors (Lipinski definition) is 5. The standard InChI is InChI=1S/C28H17BrClN3O3/c29-21-13-9-18(10-14-21)26-32-24-7-3-2-6-23(24)27(34)33(26)31-17-20-5-1-4-8-25(20)36-28(35)19-11-15-22(30)16-12-19/h1-17H. The Hall–Kier alpha value is -4.07. The van der Waals surface area contributed by atoms with Crippen molar-refractivity contribution in [3.05, 3.63) is 128 Å². The van der Waals surface area contributed by atoms with Gasteiger partial charge in [0.25, 0.3) is 5.56 Å². The molecule has 5 aromatic rings. The summed E-state index contributed by atoms with van der Waals surface area (Å²) >= 11 is 9.34. The molecule has 1 heterocycles. The third kappa shape index (κ3) is 4.98. The lowest BCUT2D eigenvalue weighted by Crippen LogP contribution is -2.20. The van der Waals surface area contributed by atoms with Gasteiger partial charge in [0.05, 0.1) is 22.7 Å². The first-order chi connectivity index (χ1) is 17.5. The fourth-order valence-electron chi connectivity index (χ4n) is 3.56. The van der Waals surface area contributed by atoms with Gasteiger partial charge in [-0.05, 0) is 60.7 Å². The number of rotatable bonds is 5. The van der Waals surface area contributed by atoms with Crippen molar-refractivity contribution in [1.82, 2.24) is 9.66 Å². The van der Waals surface area contributed by atoms with Crippen molar-refractivity contribution in [2.75, 3.05) is 0 Å². The van der Waals surface area contributed by atoms with Crippen LogP contribution in [0.4, 0.5) is 0 Å². The van der Waals surface area contributed by atoms with E-state index in [1.807, 2.05) is 30.3 Å². The topological polar surface area (TPSA) is 73.5 Å². The quantitative estimate of drug-likeness (QED) is 0.139. The molecule has 0 saturated heterocycles. The molecule has 6 nitrogen and oxygen atoms in total. The van der Waals surface area contributed by atoms with Crippen LogP contribution >= 0.6 is 27.5 Å². The fourth-order valence-corrected chi connectivity index (χ4v) is 3.95. The maximum absolute atomic E-state index is 13.4. The lowest BCUT2D eigenvalue weighted by Gasteiger charge is -2.10. The van der Waals surface area contributed by atoms with Crippen LogP contribution in [0.2, 0.25) is 5.02 Å². The molecule has 0 N–H and O–H groups in total. The summed E-state index contributed by atoms with van der Waals surface area (Å²) in [6, 6.07) is 27.9. The molecule has 0 aliphatic carbocycles. The Kier molecular flexibility index (Phi) is 6.75. The fraction of sp³-hybridized carbons (Fsp3) is 0. The molecule has 0 saturated carbocycles. The molecule has 0 aliphatic rings. The first kappa shape index (κ1) is 23.7. The largest absolute Gasteiger partial charge is 0.422 e. The second kappa shape index (κ2) is 10.3. The number of carbonyl (C=O) groups excluding carboxylic acids is 1. The summed E-state index contributed by atoms with van der Waals surface area (Å²) in [5.41, 5.74) is 1.86. The molecule has 0 radical (unpaired) electrons. The molecule has 0 atom stereocenters. The van der Waals surface area contributed by atoms with Crippen LogP contribution in [0.5, 0.6) is 5.75 Å². The number of nitrogens with zero attached hydrogens (tertiary/aromatic N) is 3. The summed E-state index contributed by atoms with van der Waals surface area (Å²) in [7, 11) is 0. The van der Waals surface area contributed by atoms with Crippen molar-refractivity contribution in [3.63, 3.8) is 0 Å². The van der Waals surface area contributed by atoms with Crippen molar-refractivity contribution in [2.24, 2.45) is 5.10 Å². The Bertz CT molecular complexity index is 1660. The molecule has 176 valence electrons. The SMILES string of the molecule is O=C(Oc1ccccc1C=Nn1c(-c2ccc(Br)cc2)nc2ccccc2c1=O)c1ccc(Cl)cc1. The molecule has 0 spiro atoms. The number of esters is 1. The van der Waals surface area contributed by atoms with Crippen LogP contribution in [0.25, 0.3) is 22.3 Å². The molecule has 4 aromatic carbocycles. The second-order valence-electron chi connectivity index (χ2n) is 7.76. The molecule has 0 unspecified atom stereocenters. The monoisotopic (exact) mass is 557 g/mol. The minimum atomic E-state index is -0.535. The van der Waals surface area contributed by atoms with Crippen LogP contribution in [-0.4, -0.2) is 21.8 Å². The van der Waals surface area contributed by atoms with Gasteiger partial charge in [-0.1, -0.05) is 63.9 Å². The lowest BCUT2D eigenvalue weighted by molar-refractivity contribution is 0.0734. The highest BCUT2D eigenvalue weighted by atomic mass is 79.9. The Morgan fingerprint density at radius 3 is 2.39 bits per heavy atom. The third-order valence-electron chi connectivity index (χ3n) is 5.37. The molecule has 0 amide bonds. The maximum atomic E-state index is 13.4. The highest BCUT2D eigenvalue weighted by Crippen LogP contribution is 2.22. The molecule has 0 bridgehead atoms. The van der Waals surface area contributed by atoms with Gasteiger partial charge in [-0.3, -0.25) is 4.79 Å². The number of ether oxygens (including phenoxy) is 1. The van der Waals surface area contributed by atoms with Crippen LogP contribution in [0, 0.1) is 0 Å². The van der Waals surface area contributed by atoms with E-state index < -0.39 is 5.97 Å². The minimum Gasteiger partial charge on any atom is -0.422 e. The Balaban J connectivity index is 1.56. The van der Waals surface area contributed by atoms with E-state index in [9.17, 15) is 9.59 Å². The van der Waals surface area contributed by atoms with Crippen molar-refractivity contribution in [2.45, 2.75) is 0 Å². The summed E-state index contributed by atoms with van der Waals surface area (Å²) in [6.45, 7) is 0. The van der Waals surface area contributed by atoms with Crippen LogP contribution in [-0.2, 0) is 0 Å². The molecule has 0 fully saturated rings. The number of hydrogen-bond donors (Lipinski definition) is 0. The van der Waals surface area contributed by atoms with Crippen molar-refractivity contribution in [1.29, 1.82) is 0 Å². The zero-order valence-corrected chi connectivity index (χ0v) is 21.0. The first-order valence-electron chi connectivity index (χ1n) is 10.9. The van der Waals surface area contributed by atoms with Crippen LogP contribution < -0.4 is 10.3 Å². The highest BCUT2D eigenvalue weighted by molar-refractivity contribution is 9.10. The summed E-state index contributed by atoms with van der Waals surface area (Å²) in [4.78, 5) is 30.7. The minimum absolute atomic E-state index is 0.299. The van der Waals surface area contributed by atoms with Crippen molar-refractivity contribution >= 4 is 50.6 Å². The van der Waals surface area contributed by atoms with E-state index in [1.165, 1.54) is 10.9 Å². The zero-order valence-electron chi connectivity index (χ0n) is 18.6. The van der Waals surface area contributed by atoms with Gasteiger partial charge in [0.1, 0.15) is 5.75 Å². The third-order valence-corrected chi connectivity index (χ3v) is 6.15. The Morgan fingerprint density at radius 2 is 1.61 bits per heavy atom. The molecule has 1 aromatic heterocycles. The van der Waals surface area contributed by atoms with E-state index >= 15 is 0 Å². The number of aromatic nitrogens is 2. The van der Waals surface area contributed by atoms with E-state index in [1.54, 1.807) is 66.7 Å². The van der Waals surface area contributed by atoms with Gasteiger partial charge in [-0.15, -0.1) is 0 Å². The summed E-state index contributed by atoms with van der Waals surface area (Å²) in [5.74, 6) is 0.152. The number of benzene rings is 4. The predicted octanol–water partition coefficient (Wildman–Crippen LogP) is 6.58. The van der Waals surface area contributed by atoms with Gasteiger partial charge in [0, 0.05) is 20.6 Å². The molecule has 0 aliphatic heterocycles. The summed E-state index contributed by atoms with van der Waals surface area (Å²) in [6.07, 6.45) is 1.48. The molecule has 8 heteroatoms. The van der Waals surface area contributed by atoms with Crippen LogP contribution in [0.1, 0.15) is 15.9 Å². The predicted molar refractivity (Wildman–Crippen MR) is 145 cm³/mol. The van der Waals surface area contributed by atoms with E-state index in [0.717, 1.165) is 10.0 Å². The normalized spacial score (nSPS) is 11.2. The smallest absolute Gasteiger partial charge is 0.343 e. The zero-order chi connectivity index (χ0) is 25.1. The average molecular weight is 559 g/mol. The summed E-state index contributed by atoms with van der Waals surface area (Å²) < 4.78 is 7.76. The average Bonchev–Trinajstić information content (AvgIpc) is 2.90. The van der Waals surface area contributed by atoms with Gasteiger partial charge in [0.2, 0.25) is 0 Å². The first-order valence-corrected chi connectivity index (χ1v) is 12.1. The van der Waals surface area contributed by atoms with E-state index in [4.69, 9.17) is 21.3 Å². The second-order valence-corrected chi connectivity index (χ2v) is 9.11. The van der Waals surface area contributed by atoms with Crippen LogP contribution in [0.3, 0.4) is 0 Å². The number of halogens is 2. The van der Waals surface area contributed by atoms with Gasteiger partial charge >= 0.3 is 5.97 Å². The van der Waals surface area contributed by atoms with Crippen molar-refractivity contribution < 1.29 is 9.53 Å². The lowest BCUT2D eigenvalue weighted by atomic mass is 10.2. The van der Waals surface area contributed by atoms with E-state index in [0.29, 0.717) is 38.6 Å². The number of para-hydroxylation sites is 2. The Labute approximate surface area is 219 Å². The van der Waals surface area contributed by atoms with E-state index in [2.05, 4.69) is 21.0 Å². The molecule has 5 rings (SSSR count).